The lowest BCUT2D eigenvalue weighted by Gasteiger charge is -2.36. The Balaban J connectivity index is 1.50. The van der Waals surface area contributed by atoms with Gasteiger partial charge in [0.1, 0.15) is 5.75 Å². The van der Waals surface area contributed by atoms with Crippen LogP contribution in [0.2, 0.25) is 0 Å². The Morgan fingerprint density at radius 3 is 2.33 bits per heavy atom. The third-order valence-electron chi connectivity index (χ3n) is 7.80. The monoisotopic (exact) mass is 653 g/mol. The molecule has 1 unspecified atom stereocenters. The van der Waals surface area contributed by atoms with Crippen LogP contribution in [0.15, 0.2) is 59.5 Å². The molecule has 0 bridgehead atoms. The van der Waals surface area contributed by atoms with Crippen LogP contribution in [0.5, 0.6) is 23.0 Å². The number of nitrogens with zero attached hydrogens (tertiary/aromatic N) is 2. The number of sulfonamides is 1. The first-order chi connectivity index (χ1) is 22.0. The van der Waals surface area contributed by atoms with E-state index in [0.717, 1.165) is 9.98 Å². The summed E-state index contributed by atoms with van der Waals surface area (Å²) >= 11 is 0. The molecular formula is C33H39N3O9S. The SMILES string of the molecule is CCCc1cc(C(=O)N(N2CCOCC2)S(=O)(=O)c2ccc(C(C)C)cc2)ccc1OC(C(N)=O)c1cc(OC)c2c(c1)OCO2. The quantitative estimate of drug-likeness (QED) is 0.302. The molecule has 46 heavy (non-hydrogen) atoms. The van der Waals surface area contributed by atoms with E-state index >= 15 is 0 Å². The van der Waals surface area contributed by atoms with Crippen LogP contribution in [-0.4, -0.2) is 69.9 Å². The van der Waals surface area contributed by atoms with Gasteiger partial charge in [-0.05, 0) is 65.9 Å². The van der Waals surface area contributed by atoms with Crippen LogP contribution in [0.25, 0.3) is 0 Å². The van der Waals surface area contributed by atoms with Crippen LogP contribution < -0.4 is 24.7 Å². The molecule has 1 atom stereocenters. The number of ether oxygens (including phenoxy) is 5. The summed E-state index contributed by atoms with van der Waals surface area (Å²) in [7, 11) is -2.81. The summed E-state index contributed by atoms with van der Waals surface area (Å²) in [5.74, 6) is 0.235. The molecule has 2 heterocycles. The molecule has 0 spiro atoms. The van der Waals surface area contributed by atoms with Gasteiger partial charge < -0.3 is 29.4 Å². The molecule has 2 aliphatic rings. The van der Waals surface area contributed by atoms with Crippen LogP contribution in [-0.2, 0) is 26.0 Å². The highest BCUT2D eigenvalue weighted by Gasteiger charge is 2.37. The van der Waals surface area contributed by atoms with Crippen LogP contribution in [0, 0.1) is 0 Å². The minimum atomic E-state index is -4.28. The fraction of sp³-hybridized carbons (Fsp3) is 0.394. The number of primary amides is 1. The summed E-state index contributed by atoms with van der Waals surface area (Å²) in [4.78, 5) is 26.8. The van der Waals surface area contributed by atoms with Crippen molar-refractivity contribution < 1.29 is 41.7 Å². The molecule has 13 heteroatoms. The number of fused-ring (bicyclic) bond motifs is 1. The standard InChI is InChI=1S/C33H39N3O9S/c1-5-6-23-17-24(9-12-27(23)45-30(32(34)37)25-18-28(41-4)31-29(19-25)43-20-44-31)33(38)36(35-13-15-42-16-14-35)46(39,40)26-10-7-22(8-11-26)21(2)3/h7-12,17-19,21,30H,5-6,13-16,20H2,1-4H3,(H2,34,37). The second-order valence-corrected chi connectivity index (χ2v) is 13.0. The first-order valence-electron chi connectivity index (χ1n) is 15.1. The van der Waals surface area contributed by atoms with E-state index in [0.29, 0.717) is 47.0 Å². The van der Waals surface area contributed by atoms with Gasteiger partial charge in [0.15, 0.2) is 11.5 Å². The van der Waals surface area contributed by atoms with E-state index in [9.17, 15) is 18.0 Å². The van der Waals surface area contributed by atoms with E-state index in [-0.39, 0.29) is 49.5 Å². The zero-order chi connectivity index (χ0) is 33.0. The number of benzene rings is 3. The second-order valence-electron chi connectivity index (χ2n) is 11.3. The number of morpholine rings is 1. The summed E-state index contributed by atoms with van der Waals surface area (Å²) in [6, 6.07) is 14.4. The number of rotatable bonds is 12. The summed E-state index contributed by atoms with van der Waals surface area (Å²) in [6.45, 7) is 7.00. The molecule has 12 nitrogen and oxygen atoms in total. The van der Waals surface area contributed by atoms with Crippen molar-refractivity contribution in [3.05, 3.63) is 76.9 Å². The maximum absolute atomic E-state index is 14.1. The lowest BCUT2D eigenvalue weighted by atomic mass is 10.0. The fourth-order valence-electron chi connectivity index (χ4n) is 5.37. The molecule has 2 aliphatic heterocycles. The molecule has 2 N–H and O–H groups in total. The second kappa shape index (κ2) is 14.0. The van der Waals surface area contributed by atoms with Gasteiger partial charge in [0.2, 0.25) is 18.6 Å². The third-order valence-corrected chi connectivity index (χ3v) is 9.52. The Bertz CT molecular complexity index is 1690. The van der Waals surface area contributed by atoms with E-state index in [1.165, 1.54) is 30.3 Å². The van der Waals surface area contributed by atoms with Gasteiger partial charge >= 0.3 is 0 Å². The summed E-state index contributed by atoms with van der Waals surface area (Å²) in [6.07, 6.45) is -0.0618. The van der Waals surface area contributed by atoms with Gasteiger partial charge in [-0.2, -0.15) is 17.8 Å². The van der Waals surface area contributed by atoms with Crippen molar-refractivity contribution in [3.8, 4) is 23.0 Å². The van der Waals surface area contributed by atoms with Crippen molar-refractivity contribution >= 4 is 21.8 Å². The molecule has 0 aliphatic carbocycles. The minimum Gasteiger partial charge on any atom is -0.493 e. The van der Waals surface area contributed by atoms with Gasteiger partial charge in [-0.25, -0.2) is 0 Å². The van der Waals surface area contributed by atoms with Gasteiger partial charge in [-0.15, -0.1) is 0 Å². The molecule has 3 aromatic carbocycles. The fourth-order valence-corrected chi connectivity index (χ4v) is 6.84. The number of carbonyl (C=O) groups is 2. The van der Waals surface area contributed by atoms with E-state index in [1.807, 2.05) is 20.8 Å². The Hall–Kier alpha value is -4.33. The molecule has 0 saturated carbocycles. The van der Waals surface area contributed by atoms with Crippen LogP contribution >= 0.6 is 0 Å². The third kappa shape index (κ3) is 6.76. The summed E-state index contributed by atoms with van der Waals surface area (Å²) < 4.78 is 56.9. The maximum Gasteiger partial charge on any atom is 0.282 e. The van der Waals surface area contributed by atoms with Crippen molar-refractivity contribution in [2.75, 3.05) is 40.2 Å². The Labute approximate surface area is 268 Å². The van der Waals surface area contributed by atoms with Gasteiger partial charge in [0.25, 0.3) is 21.8 Å². The van der Waals surface area contributed by atoms with Crippen molar-refractivity contribution in [1.29, 1.82) is 0 Å². The molecule has 0 radical (unpaired) electrons. The average molecular weight is 654 g/mol. The van der Waals surface area contributed by atoms with E-state index in [4.69, 9.17) is 29.4 Å². The van der Waals surface area contributed by atoms with Crippen molar-refractivity contribution in [1.82, 2.24) is 9.42 Å². The molecule has 246 valence electrons. The van der Waals surface area contributed by atoms with Crippen LogP contribution in [0.1, 0.15) is 66.3 Å². The normalized spacial score (nSPS) is 15.4. The molecule has 1 fully saturated rings. The van der Waals surface area contributed by atoms with Crippen LogP contribution in [0.4, 0.5) is 0 Å². The average Bonchev–Trinajstić information content (AvgIpc) is 3.53. The number of hydrogen-bond acceptors (Lipinski definition) is 10. The predicted octanol–water partition coefficient (Wildman–Crippen LogP) is 4.18. The highest BCUT2D eigenvalue weighted by Crippen LogP contribution is 2.44. The maximum atomic E-state index is 14.1. The number of hydrazine groups is 1. The Kier molecular flexibility index (Phi) is 10.0. The predicted molar refractivity (Wildman–Crippen MR) is 168 cm³/mol. The topological polar surface area (TPSA) is 147 Å². The van der Waals surface area contributed by atoms with E-state index in [2.05, 4.69) is 0 Å². The van der Waals surface area contributed by atoms with Crippen molar-refractivity contribution in [3.63, 3.8) is 0 Å². The molecular weight excluding hydrogens is 614 g/mol. The van der Waals surface area contributed by atoms with Gasteiger partial charge in [-0.1, -0.05) is 39.3 Å². The number of aryl methyl sites for hydroxylation is 1. The molecule has 0 aromatic heterocycles. The number of amides is 2. The number of nitrogens with two attached hydrogens (primary N) is 1. The molecule has 1 saturated heterocycles. The molecule has 3 aromatic rings. The highest BCUT2D eigenvalue weighted by atomic mass is 32.2. The van der Waals surface area contributed by atoms with E-state index in [1.54, 1.807) is 36.4 Å². The van der Waals surface area contributed by atoms with Gasteiger partial charge in [-0.3, -0.25) is 9.59 Å². The first-order valence-corrected chi connectivity index (χ1v) is 16.6. The van der Waals surface area contributed by atoms with Crippen LogP contribution in [0.3, 0.4) is 0 Å². The highest BCUT2D eigenvalue weighted by molar-refractivity contribution is 7.89. The van der Waals surface area contributed by atoms with Crippen molar-refractivity contribution in [2.24, 2.45) is 5.73 Å². The Morgan fingerprint density at radius 1 is 0.978 bits per heavy atom. The minimum absolute atomic E-state index is 0.00776. The smallest absolute Gasteiger partial charge is 0.282 e. The molecule has 5 rings (SSSR count). The summed E-state index contributed by atoms with van der Waals surface area (Å²) in [5.41, 5.74) is 7.91. The van der Waals surface area contributed by atoms with Gasteiger partial charge in [0.05, 0.1) is 25.2 Å². The molecule has 2 amide bonds. The number of hydrogen-bond donors (Lipinski definition) is 1. The number of methoxy groups -OCH3 is 1. The van der Waals surface area contributed by atoms with Gasteiger partial charge in [0, 0.05) is 24.2 Å². The number of carbonyl (C=O) groups excluding carboxylic acids is 2. The lowest BCUT2D eigenvalue weighted by Crippen LogP contribution is -2.54. The van der Waals surface area contributed by atoms with E-state index < -0.39 is 27.9 Å². The summed E-state index contributed by atoms with van der Waals surface area (Å²) in [5, 5.41) is 1.50. The largest absolute Gasteiger partial charge is 0.493 e. The lowest BCUT2D eigenvalue weighted by molar-refractivity contribution is -0.125. The Morgan fingerprint density at radius 2 is 1.70 bits per heavy atom. The first kappa shape index (κ1) is 33.0. The zero-order valence-electron chi connectivity index (χ0n) is 26.4. The van der Waals surface area contributed by atoms with Crippen molar-refractivity contribution in [2.45, 2.75) is 50.5 Å². The zero-order valence-corrected chi connectivity index (χ0v) is 27.2.